The van der Waals surface area contributed by atoms with Crippen molar-refractivity contribution in [3.8, 4) is 5.75 Å². The Morgan fingerprint density at radius 2 is 2.22 bits per heavy atom. The van der Waals surface area contributed by atoms with Gasteiger partial charge in [-0.3, -0.25) is 9.69 Å². The fraction of sp³-hybridized carbons (Fsp3) is 0.611. The van der Waals surface area contributed by atoms with Crippen molar-refractivity contribution in [3.05, 3.63) is 24.3 Å². The van der Waals surface area contributed by atoms with E-state index >= 15 is 0 Å². The van der Waals surface area contributed by atoms with Crippen LogP contribution in [0.25, 0.3) is 0 Å². The molecule has 0 aliphatic carbocycles. The fourth-order valence-electron chi connectivity index (χ4n) is 3.07. The van der Waals surface area contributed by atoms with Gasteiger partial charge in [-0.25, -0.2) is 0 Å². The van der Waals surface area contributed by atoms with Crippen molar-refractivity contribution in [2.24, 2.45) is 5.41 Å². The maximum Gasteiger partial charge on any atom is 0.241 e. The normalized spacial score (nSPS) is 23.3. The summed E-state index contributed by atoms with van der Waals surface area (Å²) in [5, 5.41) is 12.5. The molecule has 0 bridgehead atoms. The average Bonchev–Trinajstić information content (AvgIpc) is 2.56. The minimum absolute atomic E-state index is 0.0423. The Morgan fingerprint density at radius 3 is 2.91 bits per heavy atom. The number of nitrogens with one attached hydrogen (secondary N) is 1. The molecule has 0 aromatic heterocycles. The van der Waals surface area contributed by atoms with E-state index in [1.54, 1.807) is 0 Å². The van der Waals surface area contributed by atoms with Crippen LogP contribution in [0.1, 0.15) is 33.6 Å². The lowest BCUT2D eigenvalue weighted by molar-refractivity contribution is -0.122. The van der Waals surface area contributed by atoms with Crippen LogP contribution in [0.2, 0.25) is 0 Å². The van der Waals surface area contributed by atoms with Gasteiger partial charge in [-0.1, -0.05) is 19.1 Å². The molecule has 23 heavy (non-hydrogen) atoms. The zero-order valence-electron chi connectivity index (χ0n) is 14.3. The predicted molar refractivity (Wildman–Crippen MR) is 91.7 cm³/mol. The Labute approximate surface area is 138 Å². The van der Waals surface area contributed by atoms with Crippen molar-refractivity contribution in [3.63, 3.8) is 0 Å². The van der Waals surface area contributed by atoms with Crippen LogP contribution >= 0.6 is 0 Å². The van der Waals surface area contributed by atoms with E-state index in [2.05, 4.69) is 17.1 Å². The predicted octanol–water partition coefficient (Wildman–Crippen LogP) is 2.51. The van der Waals surface area contributed by atoms with Crippen LogP contribution in [-0.2, 0) is 4.79 Å². The van der Waals surface area contributed by atoms with Gasteiger partial charge in [0.05, 0.1) is 18.3 Å². The minimum atomic E-state index is -0.240. The lowest BCUT2D eigenvalue weighted by Gasteiger charge is -2.41. The van der Waals surface area contributed by atoms with Crippen molar-refractivity contribution in [2.45, 2.75) is 39.7 Å². The molecule has 1 fully saturated rings. The molecule has 2 unspecified atom stereocenters. The van der Waals surface area contributed by atoms with E-state index < -0.39 is 0 Å². The molecule has 2 atom stereocenters. The van der Waals surface area contributed by atoms with Crippen LogP contribution < -0.4 is 10.1 Å². The van der Waals surface area contributed by atoms with Gasteiger partial charge in [-0.2, -0.15) is 0 Å². The van der Waals surface area contributed by atoms with Crippen LogP contribution in [0.3, 0.4) is 0 Å². The number of carbonyl (C=O) groups excluding carboxylic acids is 1. The van der Waals surface area contributed by atoms with Gasteiger partial charge in [-0.15, -0.1) is 0 Å². The summed E-state index contributed by atoms with van der Waals surface area (Å²) in [6, 6.07) is 7.24. The topological polar surface area (TPSA) is 61.8 Å². The number of anilines is 1. The van der Waals surface area contributed by atoms with Crippen molar-refractivity contribution >= 4 is 11.6 Å². The van der Waals surface area contributed by atoms with Crippen LogP contribution in [-0.4, -0.2) is 48.3 Å². The first-order valence-electron chi connectivity index (χ1n) is 8.36. The summed E-state index contributed by atoms with van der Waals surface area (Å²) in [7, 11) is 0. The molecule has 1 heterocycles. The van der Waals surface area contributed by atoms with Gasteiger partial charge in [-0.05, 0) is 45.4 Å². The number of amides is 1. The Hall–Kier alpha value is -1.59. The van der Waals surface area contributed by atoms with Gasteiger partial charge in [0.1, 0.15) is 5.75 Å². The summed E-state index contributed by atoms with van der Waals surface area (Å²) < 4.78 is 5.55. The summed E-state index contributed by atoms with van der Waals surface area (Å²) in [6.07, 6.45) is 2.01. The fourth-order valence-corrected chi connectivity index (χ4v) is 3.07. The third-order valence-electron chi connectivity index (χ3n) is 4.56. The number of aliphatic hydroxyl groups is 1. The molecular weight excluding hydrogens is 292 g/mol. The monoisotopic (exact) mass is 320 g/mol. The van der Waals surface area contributed by atoms with Crippen LogP contribution in [0.15, 0.2) is 24.3 Å². The molecule has 1 aromatic rings. The highest BCUT2D eigenvalue weighted by Gasteiger charge is 2.34. The maximum atomic E-state index is 12.6. The Balaban J connectivity index is 2.03. The number of nitrogens with zero attached hydrogens (tertiary/aromatic N) is 1. The third-order valence-corrected chi connectivity index (χ3v) is 4.56. The molecule has 1 amide bonds. The lowest BCUT2D eigenvalue weighted by Crippen LogP contribution is -2.51. The third kappa shape index (κ3) is 4.45. The van der Waals surface area contributed by atoms with Gasteiger partial charge in [0.15, 0.2) is 0 Å². The molecule has 1 saturated heterocycles. The van der Waals surface area contributed by atoms with Gasteiger partial charge in [0, 0.05) is 18.6 Å². The van der Waals surface area contributed by atoms with Gasteiger partial charge >= 0.3 is 0 Å². The molecule has 0 spiro atoms. The average molecular weight is 320 g/mol. The van der Waals surface area contributed by atoms with Gasteiger partial charge in [0.25, 0.3) is 0 Å². The number of para-hydroxylation sites is 2. The molecule has 128 valence electrons. The number of carbonyl (C=O) groups is 1. The second kappa shape index (κ2) is 7.79. The van der Waals surface area contributed by atoms with E-state index in [-0.39, 0.29) is 24.0 Å². The number of rotatable bonds is 6. The van der Waals surface area contributed by atoms with E-state index in [4.69, 9.17) is 4.74 Å². The first-order valence-corrected chi connectivity index (χ1v) is 8.36. The maximum absolute atomic E-state index is 12.6. The van der Waals surface area contributed by atoms with Crippen LogP contribution in [0, 0.1) is 5.41 Å². The van der Waals surface area contributed by atoms with E-state index in [0.717, 1.165) is 25.9 Å². The van der Waals surface area contributed by atoms with Crippen molar-refractivity contribution in [2.75, 3.05) is 31.6 Å². The number of piperidine rings is 1. The summed E-state index contributed by atoms with van der Waals surface area (Å²) in [6.45, 7) is 8.26. The highest BCUT2D eigenvalue weighted by Crippen LogP contribution is 2.30. The summed E-state index contributed by atoms with van der Waals surface area (Å²) in [5.74, 6) is 0.647. The number of hydrogen-bond donors (Lipinski definition) is 2. The lowest BCUT2D eigenvalue weighted by atomic mass is 9.82. The molecule has 0 saturated carbocycles. The molecule has 2 rings (SSSR count). The Kier molecular flexibility index (Phi) is 6.02. The second-order valence-electron chi connectivity index (χ2n) is 6.64. The highest BCUT2D eigenvalue weighted by atomic mass is 16.5. The smallest absolute Gasteiger partial charge is 0.241 e. The van der Waals surface area contributed by atoms with E-state index in [1.165, 1.54) is 0 Å². The number of benzene rings is 1. The van der Waals surface area contributed by atoms with E-state index in [0.29, 0.717) is 18.0 Å². The highest BCUT2D eigenvalue weighted by molar-refractivity contribution is 5.95. The van der Waals surface area contributed by atoms with Crippen LogP contribution in [0.5, 0.6) is 5.75 Å². The number of aliphatic hydroxyl groups excluding tert-OH is 1. The Morgan fingerprint density at radius 1 is 1.48 bits per heavy atom. The minimum Gasteiger partial charge on any atom is -0.492 e. The van der Waals surface area contributed by atoms with E-state index in [9.17, 15) is 9.90 Å². The second-order valence-corrected chi connectivity index (χ2v) is 6.64. The molecule has 5 heteroatoms. The number of hydrogen-bond acceptors (Lipinski definition) is 4. The molecule has 2 N–H and O–H groups in total. The largest absolute Gasteiger partial charge is 0.492 e. The SMILES string of the molecule is CCOc1ccccc1NC(=O)C(C)N1CCCC(C)(CO)C1. The van der Waals surface area contributed by atoms with Crippen molar-refractivity contribution in [1.29, 1.82) is 0 Å². The summed E-state index contributed by atoms with van der Waals surface area (Å²) >= 11 is 0. The van der Waals surface area contributed by atoms with E-state index in [1.807, 2.05) is 38.1 Å². The van der Waals surface area contributed by atoms with Gasteiger partial charge in [0.2, 0.25) is 5.91 Å². The summed E-state index contributed by atoms with van der Waals surface area (Å²) in [4.78, 5) is 14.7. The molecular formula is C18H28N2O3. The molecule has 0 radical (unpaired) electrons. The van der Waals surface area contributed by atoms with Crippen LogP contribution in [0.4, 0.5) is 5.69 Å². The Bertz CT molecular complexity index is 535. The standard InChI is InChI=1S/C18H28N2O3/c1-4-23-16-9-6-5-8-15(16)19-17(22)14(2)20-11-7-10-18(3,12-20)13-21/h5-6,8-9,14,21H,4,7,10-13H2,1-3H3,(H,19,22). The zero-order valence-corrected chi connectivity index (χ0v) is 14.3. The number of likely N-dealkylation sites (tertiary alicyclic amines) is 1. The van der Waals surface area contributed by atoms with Gasteiger partial charge < -0.3 is 15.2 Å². The molecule has 1 aliphatic heterocycles. The molecule has 5 nitrogen and oxygen atoms in total. The zero-order chi connectivity index (χ0) is 16.9. The first-order chi connectivity index (χ1) is 11.0. The molecule has 1 aliphatic rings. The summed E-state index contributed by atoms with van der Waals surface area (Å²) in [5.41, 5.74) is 0.587. The molecule has 1 aromatic carbocycles. The first kappa shape index (κ1) is 17.8. The van der Waals surface area contributed by atoms with Crippen molar-refractivity contribution < 1.29 is 14.6 Å². The number of ether oxygens (including phenoxy) is 1. The van der Waals surface area contributed by atoms with Crippen molar-refractivity contribution in [1.82, 2.24) is 4.90 Å². The quantitative estimate of drug-likeness (QED) is 0.845.